The van der Waals surface area contributed by atoms with E-state index >= 15 is 0 Å². The third-order valence-electron chi connectivity index (χ3n) is 3.98. The van der Waals surface area contributed by atoms with E-state index in [2.05, 4.69) is 10.0 Å². The van der Waals surface area contributed by atoms with Crippen LogP contribution in [0.15, 0.2) is 89.8 Å². The van der Waals surface area contributed by atoms with Crippen LogP contribution < -0.4 is 14.8 Å². The summed E-state index contributed by atoms with van der Waals surface area (Å²) in [6, 6.07) is 22.0. The predicted molar refractivity (Wildman–Crippen MR) is 114 cm³/mol. The predicted octanol–water partition coefficient (Wildman–Crippen LogP) is 4.15. The normalized spacial score (nSPS) is 11.2. The molecule has 0 unspecified atom stereocenters. The molecule has 0 saturated heterocycles. The highest BCUT2D eigenvalue weighted by Crippen LogP contribution is 2.21. The van der Waals surface area contributed by atoms with Crippen LogP contribution in [0.2, 0.25) is 0 Å². The molecule has 3 aromatic rings. The lowest BCUT2D eigenvalue weighted by molar-refractivity contribution is -0.111. The Labute approximate surface area is 169 Å². The van der Waals surface area contributed by atoms with Crippen molar-refractivity contribution in [1.82, 2.24) is 0 Å². The van der Waals surface area contributed by atoms with Crippen molar-refractivity contribution in [2.24, 2.45) is 0 Å². The Bertz CT molecular complexity index is 1110. The van der Waals surface area contributed by atoms with Gasteiger partial charge in [-0.3, -0.25) is 9.52 Å². The minimum absolute atomic E-state index is 0.0400. The Morgan fingerprint density at radius 3 is 2.31 bits per heavy atom. The fourth-order valence-corrected chi connectivity index (χ4v) is 3.64. The summed E-state index contributed by atoms with van der Waals surface area (Å²) >= 11 is 0. The molecule has 3 rings (SSSR count). The first kappa shape index (κ1) is 20.2. The highest BCUT2D eigenvalue weighted by molar-refractivity contribution is 7.92. The van der Waals surface area contributed by atoms with Gasteiger partial charge in [0, 0.05) is 17.5 Å². The number of sulfonamides is 1. The third kappa shape index (κ3) is 5.70. The summed E-state index contributed by atoms with van der Waals surface area (Å²) in [6.07, 6.45) is 3.08. The smallest absolute Gasteiger partial charge is 0.261 e. The van der Waals surface area contributed by atoms with Crippen LogP contribution in [-0.4, -0.2) is 21.4 Å². The quantitative estimate of drug-likeness (QED) is 0.575. The van der Waals surface area contributed by atoms with Gasteiger partial charge in [0.1, 0.15) is 5.75 Å². The maximum atomic E-state index is 12.6. The van der Waals surface area contributed by atoms with Crippen molar-refractivity contribution in [3.05, 3.63) is 90.5 Å². The Morgan fingerprint density at radius 1 is 0.897 bits per heavy atom. The molecule has 2 N–H and O–H groups in total. The highest BCUT2D eigenvalue weighted by Gasteiger charge is 2.15. The largest absolute Gasteiger partial charge is 0.497 e. The van der Waals surface area contributed by atoms with Gasteiger partial charge in [0.25, 0.3) is 10.0 Å². The molecule has 7 heteroatoms. The Kier molecular flexibility index (Phi) is 6.31. The van der Waals surface area contributed by atoms with E-state index in [0.717, 1.165) is 5.56 Å². The van der Waals surface area contributed by atoms with Gasteiger partial charge in [0.05, 0.1) is 12.0 Å². The van der Waals surface area contributed by atoms with E-state index in [4.69, 9.17) is 4.74 Å². The number of carbonyl (C=O) groups excluding carboxylic acids is 1. The van der Waals surface area contributed by atoms with Crippen LogP contribution in [0, 0.1) is 0 Å². The van der Waals surface area contributed by atoms with Crippen LogP contribution in [0.4, 0.5) is 11.4 Å². The van der Waals surface area contributed by atoms with E-state index in [-0.39, 0.29) is 10.8 Å². The average Bonchev–Trinajstić information content (AvgIpc) is 2.73. The number of rotatable bonds is 7. The van der Waals surface area contributed by atoms with E-state index in [1.807, 2.05) is 30.3 Å². The number of methoxy groups -OCH3 is 1. The summed E-state index contributed by atoms with van der Waals surface area (Å²) in [6.45, 7) is 0. The van der Waals surface area contributed by atoms with Crippen LogP contribution in [0.5, 0.6) is 5.75 Å². The first-order chi connectivity index (χ1) is 14.0. The van der Waals surface area contributed by atoms with Crippen LogP contribution >= 0.6 is 0 Å². The number of hydrogen-bond donors (Lipinski definition) is 2. The summed E-state index contributed by atoms with van der Waals surface area (Å²) < 4.78 is 32.8. The molecule has 0 fully saturated rings. The van der Waals surface area contributed by atoms with Gasteiger partial charge >= 0.3 is 0 Å². The molecule has 0 aliphatic carbocycles. The molecule has 6 nitrogen and oxygen atoms in total. The first-order valence-electron chi connectivity index (χ1n) is 8.77. The first-order valence-corrected chi connectivity index (χ1v) is 10.3. The maximum Gasteiger partial charge on any atom is 0.261 e. The van der Waals surface area contributed by atoms with Crippen molar-refractivity contribution in [3.8, 4) is 5.75 Å². The number of amides is 1. The molecule has 148 valence electrons. The van der Waals surface area contributed by atoms with Crippen molar-refractivity contribution >= 4 is 33.4 Å². The van der Waals surface area contributed by atoms with Gasteiger partial charge < -0.3 is 10.1 Å². The van der Waals surface area contributed by atoms with Gasteiger partial charge in [-0.15, -0.1) is 0 Å². The zero-order chi connectivity index (χ0) is 20.7. The third-order valence-corrected chi connectivity index (χ3v) is 5.36. The standard InChI is InChI=1S/C22H20N2O4S/c1-28-20-13-11-18(12-14-20)24-29(26,27)21-9-5-8-19(16-21)23-22(25)15-10-17-6-3-2-4-7-17/h2-16,24H,1H3,(H,23,25)/b15-10+. The summed E-state index contributed by atoms with van der Waals surface area (Å²) in [5.41, 5.74) is 1.68. The van der Waals surface area contributed by atoms with Crippen LogP contribution in [0.1, 0.15) is 5.56 Å². The van der Waals surface area contributed by atoms with E-state index in [0.29, 0.717) is 17.1 Å². The molecule has 0 aromatic heterocycles. The molecular weight excluding hydrogens is 388 g/mol. The molecule has 0 bridgehead atoms. The van der Waals surface area contributed by atoms with Crippen molar-refractivity contribution in [2.45, 2.75) is 4.90 Å². The lowest BCUT2D eigenvalue weighted by Gasteiger charge is -2.10. The number of anilines is 2. The number of benzene rings is 3. The number of hydrogen-bond acceptors (Lipinski definition) is 4. The second-order valence-corrected chi connectivity index (χ2v) is 7.78. The fraction of sp³-hybridized carbons (Fsp3) is 0.0455. The molecule has 3 aromatic carbocycles. The van der Waals surface area contributed by atoms with E-state index in [9.17, 15) is 13.2 Å². The molecule has 0 aliphatic rings. The maximum absolute atomic E-state index is 12.6. The Morgan fingerprint density at radius 2 is 1.62 bits per heavy atom. The van der Waals surface area contributed by atoms with Gasteiger partial charge in [-0.1, -0.05) is 36.4 Å². The molecule has 0 radical (unpaired) electrons. The number of carbonyl (C=O) groups is 1. The van der Waals surface area contributed by atoms with Crippen molar-refractivity contribution in [2.75, 3.05) is 17.1 Å². The van der Waals surface area contributed by atoms with Crippen molar-refractivity contribution in [1.29, 1.82) is 0 Å². The van der Waals surface area contributed by atoms with Crippen LogP contribution in [0.3, 0.4) is 0 Å². The van der Waals surface area contributed by atoms with Gasteiger partial charge in [-0.25, -0.2) is 8.42 Å². The second kappa shape index (κ2) is 9.07. The van der Waals surface area contributed by atoms with E-state index < -0.39 is 10.0 Å². The minimum Gasteiger partial charge on any atom is -0.497 e. The molecule has 0 heterocycles. The molecule has 0 aliphatic heterocycles. The zero-order valence-electron chi connectivity index (χ0n) is 15.7. The molecular formula is C22H20N2O4S. The molecule has 1 amide bonds. The summed E-state index contributed by atoms with van der Waals surface area (Å²) in [5.74, 6) is 0.271. The van der Waals surface area contributed by atoms with E-state index in [1.165, 1.54) is 25.3 Å². The van der Waals surface area contributed by atoms with Crippen LogP contribution in [-0.2, 0) is 14.8 Å². The minimum atomic E-state index is -3.81. The van der Waals surface area contributed by atoms with E-state index in [1.54, 1.807) is 42.5 Å². The number of ether oxygens (including phenoxy) is 1. The van der Waals surface area contributed by atoms with Crippen molar-refractivity contribution < 1.29 is 17.9 Å². The summed E-state index contributed by atoms with van der Waals surface area (Å²) in [7, 11) is -2.27. The molecule has 0 saturated carbocycles. The molecule has 0 spiro atoms. The van der Waals surface area contributed by atoms with Gasteiger partial charge in [0.15, 0.2) is 0 Å². The zero-order valence-corrected chi connectivity index (χ0v) is 16.5. The van der Waals surface area contributed by atoms with Crippen molar-refractivity contribution in [3.63, 3.8) is 0 Å². The number of nitrogens with one attached hydrogen (secondary N) is 2. The summed E-state index contributed by atoms with van der Waals surface area (Å²) in [5, 5.41) is 2.67. The highest BCUT2D eigenvalue weighted by atomic mass is 32.2. The molecule has 0 atom stereocenters. The summed E-state index contributed by atoms with van der Waals surface area (Å²) in [4.78, 5) is 12.2. The van der Waals surface area contributed by atoms with Gasteiger partial charge in [-0.05, 0) is 54.1 Å². The Hall–Kier alpha value is -3.58. The SMILES string of the molecule is COc1ccc(NS(=O)(=O)c2cccc(NC(=O)/C=C/c3ccccc3)c2)cc1. The second-order valence-electron chi connectivity index (χ2n) is 6.10. The lowest BCUT2D eigenvalue weighted by Crippen LogP contribution is -2.14. The van der Waals surface area contributed by atoms with Crippen LogP contribution in [0.25, 0.3) is 6.08 Å². The Balaban J connectivity index is 1.70. The van der Waals surface area contributed by atoms with Gasteiger partial charge in [0.2, 0.25) is 5.91 Å². The average molecular weight is 408 g/mol. The monoisotopic (exact) mass is 408 g/mol. The van der Waals surface area contributed by atoms with Gasteiger partial charge in [-0.2, -0.15) is 0 Å². The lowest BCUT2D eigenvalue weighted by atomic mass is 10.2. The fourth-order valence-electron chi connectivity index (χ4n) is 2.53. The molecule has 29 heavy (non-hydrogen) atoms. The topological polar surface area (TPSA) is 84.5 Å².